The molecule has 0 amide bonds. The Morgan fingerprint density at radius 3 is 3.00 bits per heavy atom. The molecule has 0 radical (unpaired) electrons. The molecule has 1 unspecified atom stereocenters. The number of piperidine rings is 1. The van der Waals surface area contributed by atoms with Gasteiger partial charge in [-0.3, -0.25) is 0 Å². The van der Waals surface area contributed by atoms with Crippen molar-refractivity contribution in [3.63, 3.8) is 0 Å². The van der Waals surface area contributed by atoms with Crippen LogP contribution in [0, 0.1) is 16.7 Å². The van der Waals surface area contributed by atoms with Crippen LogP contribution in [0.1, 0.15) is 32.3 Å². The minimum atomic E-state index is 0.282. The zero-order valence-electron chi connectivity index (χ0n) is 11.5. The Labute approximate surface area is 120 Å². The third-order valence-electron chi connectivity index (χ3n) is 3.93. The number of rotatable bonds is 3. The summed E-state index contributed by atoms with van der Waals surface area (Å²) in [6.45, 7) is 6.47. The lowest BCUT2D eigenvalue weighted by Crippen LogP contribution is -2.50. The molecule has 19 heavy (non-hydrogen) atoms. The van der Waals surface area contributed by atoms with Gasteiger partial charge in [-0.1, -0.05) is 25.4 Å². The monoisotopic (exact) mass is 277 g/mol. The molecule has 1 heterocycles. The van der Waals surface area contributed by atoms with E-state index in [9.17, 15) is 0 Å². The largest absolute Gasteiger partial charge is 0.382 e. The van der Waals surface area contributed by atoms with Gasteiger partial charge in [-0.25, -0.2) is 0 Å². The van der Waals surface area contributed by atoms with E-state index in [2.05, 4.69) is 30.6 Å². The zero-order valence-corrected chi connectivity index (χ0v) is 12.2. The van der Waals surface area contributed by atoms with Crippen molar-refractivity contribution >= 4 is 17.3 Å². The third-order valence-corrected chi connectivity index (χ3v) is 4.17. The lowest BCUT2D eigenvalue weighted by Gasteiger charge is -2.39. The maximum atomic E-state index is 9.12. The van der Waals surface area contributed by atoms with E-state index in [0.29, 0.717) is 16.6 Å². The fourth-order valence-electron chi connectivity index (χ4n) is 2.59. The highest BCUT2D eigenvalue weighted by Crippen LogP contribution is 2.30. The van der Waals surface area contributed by atoms with Crippen molar-refractivity contribution in [2.24, 2.45) is 5.41 Å². The lowest BCUT2D eigenvalue weighted by molar-refractivity contribution is 0.188. The minimum Gasteiger partial charge on any atom is -0.382 e. The van der Waals surface area contributed by atoms with E-state index in [1.807, 2.05) is 12.1 Å². The predicted molar refractivity (Wildman–Crippen MR) is 79.5 cm³/mol. The Kier molecular flexibility index (Phi) is 4.34. The fraction of sp³-hybridized carbons (Fsp3) is 0.533. The SMILES string of the molecule is CC1(C)CCCNC1CNc1ccc(Cl)cc1C#N. The topological polar surface area (TPSA) is 47.8 Å². The molecule has 0 aromatic heterocycles. The normalized spacial score (nSPS) is 21.7. The summed E-state index contributed by atoms with van der Waals surface area (Å²) in [6, 6.07) is 7.98. The van der Waals surface area contributed by atoms with E-state index in [-0.39, 0.29) is 5.41 Å². The van der Waals surface area contributed by atoms with Crippen molar-refractivity contribution < 1.29 is 0 Å². The standard InChI is InChI=1S/C15H20ClN3/c1-15(2)6-3-7-18-14(15)10-19-13-5-4-12(16)8-11(13)9-17/h4-5,8,14,18-19H,3,6-7,10H2,1-2H3. The summed E-state index contributed by atoms with van der Waals surface area (Å²) in [4.78, 5) is 0. The smallest absolute Gasteiger partial charge is 0.101 e. The highest BCUT2D eigenvalue weighted by atomic mass is 35.5. The van der Waals surface area contributed by atoms with Crippen LogP contribution in [0.25, 0.3) is 0 Å². The second-order valence-corrected chi connectivity index (χ2v) is 6.22. The first-order valence-corrected chi connectivity index (χ1v) is 7.07. The van der Waals surface area contributed by atoms with Crippen LogP contribution in [-0.4, -0.2) is 19.1 Å². The third kappa shape index (κ3) is 3.40. The maximum Gasteiger partial charge on any atom is 0.101 e. The quantitative estimate of drug-likeness (QED) is 0.890. The van der Waals surface area contributed by atoms with Crippen molar-refractivity contribution in [1.82, 2.24) is 5.32 Å². The summed E-state index contributed by atoms with van der Waals surface area (Å²) < 4.78 is 0. The van der Waals surface area contributed by atoms with Crippen molar-refractivity contribution in [2.45, 2.75) is 32.7 Å². The highest BCUT2D eigenvalue weighted by Gasteiger charge is 2.31. The van der Waals surface area contributed by atoms with E-state index < -0.39 is 0 Å². The molecule has 2 N–H and O–H groups in total. The van der Waals surface area contributed by atoms with E-state index in [1.54, 1.807) is 6.07 Å². The summed E-state index contributed by atoms with van der Waals surface area (Å²) in [5, 5.41) is 16.6. The van der Waals surface area contributed by atoms with Gasteiger partial charge < -0.3 is 10.6 Å². The fourth-order valence-corrected chi connectivity index (χ4v) is 2.77. The van der Waals surface area contributed by atoms with Crippen molar-refractivity contribution in [1.29, 1.82) is 5.26 Å². The number of nitrogens with one attached hydrogen (secondary N) is 2. The van der Waals surface area contributed by atoms with Crippen LogP contribution < -0.4 is 10.6 Å². The van der Waals surface area contributed by atoms with Crippen LogP contribution >= 0.6 is 11.6 Å². The molecular weight excluding hydrogens is 258 g/mol. The molecule has 1 aromatic carbocycles. The van der Waals surface area contributed by atoms with Crippen molar-refractivity contribution in [3.8, 4) is 6.07 Å². The van der Waals surface area contributed by atoms with Crippen LogP contribution in [-0.2, 0) is 0 Å². The van der Waals surface area contributed by atoms with Gasteiger partial charge in [-0.2, -0.15) is 5.26 Å². The van der Waals surface area contributed by atoms with Gasteiger partial charge in [0.1, 0.15) is 6.07 Å². The Bertz CT molecular complexity index is 491. The van der Waals surface area contributed by atoms with E-state index >= 15 is 0 Å². The Balaban J connectivity index is 2.04. The van der Waals surface area contributed by atoms with E-state index in [0.717, 1.165) is 18.8 Å². The van der Waals surface area contributed by atoms with E-state index in [1.165, 1.54) is 12.8 Å². The Morgan fingerprint density at radius 1 is 1.53 bits per heavy atom. The molecular formula is C15H20ClN3. The molecule has 0 spiro atoms. The van der Waals surface area contributed by atoms with Crippen molar-refractivity contribution in [3.05, 3.63) is 28.8 Å². The van der Waals surface area contributed by atoms with Crippen molar-refractivity contribution in [2.75, 3.05) is 18.4 Å². The Morgan fingerprint density at radius 2 is 2.32 bits per heavy atom. The molecule has 1 aliphatic rings. The van der Waals surface area contributed by atoms with Gasteiger partial charge in [-0.05, 0) is 43.0 Å². The molecule has 2 rings (SSSR count). The average Bonchev–Trinajstić information content (AvgIpc) is 2.38. The Hall–Kier alpha value is -1.24. The van der Waals surface area contributed by atoms with Gasteiger partial charge in [-0.15, -0.1) is 0 Å². The molecule has 1 aliphatic heterocycles. The summed E-state index contributed by atoms with van der Waals surface area (Å²) in [5.74, 6) is 0. The van der Waals surface area contributed by atoms with E-state index in [4.69, 9.17) is 16.9 Å². The summed E-state index contributed by atoms with van der Waals surface area (Å²) in [6.07, 6.45) is 2.46. The molecule has 1 aromatic rings. The molecule has 4 heteroatoms. The number of halogens is 1. The summed E-state index contributed by atoms with van der Waals surface area (Å²) in [5.41, 5.74) is 1.74. The molecule has 0 aliphatic carbocycles. The number of benzene rings is 1. The lowest BCUT2D eigenvalue weighted by atomic mass is 9.77. The second-order valence-electron chi connectivity index (χ2n) is 5.78. The summed E-state index contributed by atoms with van der Waals surface area (Å²) >= 11 is 5.90. The molecule has 3 nitrogen and oxygen atoms in total. The number of nitriles is 1. The summed E-state index contributed by atoms with van der Waals surface area (Å²) in [7, 11) is 0. The maximum absolute atomic E-state index is 9.12. The van der Waals surface area contributed by atoms with Crippen LogP contribution in [0.4, 0.5) is 5.69 Å². The van der Waals surface area contributed by atoms with Gasteiger partial charge in [0, 0.05) is 17.6 Å². The van der Waals surface area contributed by atoms with Crippen LogP contribution in [0.5, 0.6) is 0 Å². The average molecular weight is 278 g/mol. The highest BCUT2D eigenvalue weighted by molar-refractivity contribution is 6.30. The van der Waals surface area contributed by atoms with Crippen LogP contribution in [0.15, 0.2) is 18.2 Å². The molecule has 0 bridgehead atoms. The number of anilines is 1. The first kappa shape index (κ1) is 14.2. The van der Waals surface area contributed by atoms with Crippen LogP contribution in [0.2, 0.25) is 5.02 Å². The molecule has 1 fully saturated rings. The predicted octanol–water partition coefficient (Wildman–Crippen LogP) is 3.40. The van der Waals surface area contributed by atoms with Gasteiger partial charge in [0.25, 0.3) is 0 Å². The molecule has 1 atom stereocenters. The van der Waals surface area contributed by atoms with Gasteiger partial charge in [0.15, 0.2) is 0 Å². The van der Waals surface area contributed by atoms with Gasteiger partial charge >= 0.3 is 0 Å². The number of hydrogen-bond donors (Lipinski definition) is 2. The molecule has 0 saturated carbocycles. The minimum absolute atomic E-state index is 0.282. The number of nitrogens with zero attached hydrogens (tertiary/aromatic N) is 1. The van der Waals surface area contributed by atoms with Gasteiger partial charge in [0.2, 0.25) is 0 Å². The second kappa shape index (κ2) is 5.81. The zero-order chi connectivity index (χ0) is 13.9. The first-order chi connectivity index (χ1) is 9.03. The number of hydrogen-bond acceptors (Lipinski definition) is 3. The van der Waals surface area contributed by atoms with Crippen LogP contribution in [0.3, 0.4) is 0 Å². The van der Waals surface area contributed by atoms with Gasteiger partial charge in [0.05, 0.1) is 11.3 Å². The molecule has 102 valence electrons. The first-order valence-electron chi connectivity index (χ1n) is 6.70. The molecule has 1 saturated heterocycles.